The zero-order valence-corrected chi connectivity index (χ0v) is 10.8. The van der Waals surface area contributed by atoms with E-state index in [-0.39, 0.29) is 11.9 Å². The summed E-state index contributed by atoms with van der Waals surface area (Å²) in [6.45, 7) is 0. The first-order valence-electron chi connectivity index (χ1n) is 6.39. The molecule has 0 amide bonds. The van der Waals surface area contributed by atoms with Gasteiger partial charge in [-0.15, -0.1) is 0 Å². The third-order valence-electron chi connectivity index (χ3n) is 3.48. The molecule has 2 aromatic rings. The van der Waals surface area contributed by atoms with Crippen molar-refractivity contribution >= 4 is 0 Å². The number of aryl methyl sites for hydroxylation is 1. The molecule has 1 aliphatic heterocycles. The van der Waals surface area contributed by atoms with Crippen molar-refractivity contribution in [2.75, 3.05) is 7.11 Å². The highest BCUT2D eigenvalue weighted by Crippen LogP contribution is 2.37. The minimum Gasteiger partial charge on any atom is -0.508 e. The van der Waals surface area contributed by atoms with E-state index in [1.165, 1.54) is 5.56 Å². The van der Waals surface area contributed by atoms with E-state index in [2.05, 4.69) is 6.07 Å². The topological polar surface area (TPSA) is 38.7 Å². The minimum atomic E-state index is 0.0419. The number of aromatic hydroxyl groups is 1. The average molecular weight is 256 g/mol. The number of fused-ring (bicyclic) bond motifs is 1. The van der Waals surface area contributed by atoms with E-state index in [0.717, 1.165) is 29.9 Å². The molecule has 0 radical (unpaired) electrons. The van der Waals surface area contributed by atoms with Gasteiger partial charge >= 0.3 is 0 Å². The van der Waals surface area contributed by atoms with E-state index in [9.17, 15) is 5.11 Å². The molecule has 1 atom stereocenters. The third-order valence-corrected chi connectivity index (χ3v) is 3.48. The Morgan fingerprint density at radius 1 is 1.16 bits per heavy atom. The maximum absolute atomic E-state index is 9.32. The number of benzene rings is 2. The van der Waals surface area contributed by atoms with Gasteiger partial charge < -0.3 is 14.6 Å². The van der Waals surface area contributed by atoms with Gasteiger partial charge in [0.25, 0.3) is 0 Å². The molecule has 0 saturated heterocycles. The van der Waals surface area contributed by atoms with Gasteiger partial charge in [-0.2, -0.15) is 0 Å². The summed E-state index contributed by atoms with van der Waals surface area (Å²) in [5, 5.41) is 9.32. The lowest BCUT2D eigenvalue weighted by Gasteiger charge is -2.26. The van der Waals surface area contributed by atoms with Crippen molar-refractivity contribution in [3.63, 3.8) is 0 Å². The van der Waals surface area contributed by atoms with Gasteiger partial charge in [0.1, 0.15) is 23.4 Å². The Hall–Kier alpha value is -2.16. The van der Waals surface area contributed by atoms with Gasteiger partial charge in [-0.1, -0.05) is 18.2 Å². The van der Waals surface area contributed by atoms with Crippen LogP contribution in [0.15, 0.2) is 42.5 Å². The van der Waals surface area contributed by atoms with Crippen molar-refractivity contribution in [2.24, 2.45) is 0 Å². The lowest BCUT2D eigenvalue weighted by atomic mass is 9.97. The van der Waals surface area contributed by atoms with Gasteiger partial charge in [-0.25, -0.2) is 0 Å². The van der Waals surface area contributed by atoms with Gasteiger partial charge in [-0.3, -0.25) is 0 Å². The van der Waals surface area contributed by atoms with Crippen LogP contribution in [0.2, 0.25) is 0 Å². The number of rotatable bonds is 2. The molecule has 0 fully saturated rings. The number of phenolic OH excluding ortho intramolecular Hbond substituents is 1. The number of methoxy groups -OCH3 is 1. The summed E-state index contributed by atoms with van der Waals surface area (Å²) in [4.78, 5) is 0. The van der Waals surface area contributed by atoms with E-state index in [4.69, 9.17) is 9.47 Å². The number of hydrogen-bond acceptors (Lipinski definition) is 3. The Morgan fingerprint density at radius 2 is 1.95 bits per heavy atom. The van der Waals surface area contributed by atoms with Gasteiger partial charge in [0.15, 0.2) is 0 Å². The molecular weight excluding hydrogens is 240 g/mol. The molecular formula is C16H16O3. The summed E-state index contributed by atoms with van der Waals surface area (Å²) in [5.41, 5.74) is 2.31. The van der Waals surface area contributed by atoms with Gasteiger partial charge in [-0.05, 0) is 42.2 Å². The molecule has 1 heterocycles. The highest BCUT2D eigenvalue weighted by atomic mass is 16.5. The standard InChI is InChI=1S/C16H16O3/c1-18-14-8-4-12-5-9-15(19-16(12)10-14)11-2-6-13(17)7-3-11/h2-4,6-8,10,15,17H,5,9H2,1H3/t15-/m0/s1. The number of ether oxygens (including phenoxy) is 2. The molecule has 3 rings (SSSR count). The predicted molar refractivity (Wildman–Crippen MR) is 72.8 cm³/mol. The molecule has 0 saturated carbocycles. The maximum atomic E-state index is 9.32. The summed E-state index contributed by atoms with van der Waals surface area (Å²) in [6.07, 6.45) is 1.98. The van der Waals surface area contributed by atoms with E-state index < -0.39 is 0 Å². The molecule has 0 aromatic heterocycles. The Balaban J connectivity index is 1.86. The quantitative estimate of drug-likeness (QED) is 0.894. The fourth-order valence-corrected chi connectivity index (χ4v) is 2.40. The van der Waals surface area contributed by atoms with Crippen molar-refractivity contribution in [3.8, 4) is 17.2 Å². The van der Waals surface area contributed by atoms with E-state index in [0.29, 0.717) is 0 Å². The first-order valence-corrected chi connectivity index (χ1v) is 6.39. The summed E-state index contributed by atoms with van der Waals surface area (Å²) in [7, 11) is 1.65. The normalized spacial score (nSPS) is 17.4. The fraction of sp³-hybridized carbons (Fsp3) is 0.250. The van der Waals surface area contributed by atoms with Crippen LogP contribution in [0.4, 0.5) is 0 Å². The van der Waals surface area contributed by atoms with Crippen LogP contribution in [-0.2, 0) is 6.42 Å². The van der Waals surface area contributed by atoms with Crippen LogP contribution in [0, 0.1) is 0 Å². The minimum absolute atomic E-state index is 0.0419. The van der Waals surface area contributed by atoms with Crippen LogP contribution in [0.25, 0.3) is 0 Å². The Morgan fingerprint density at radius 3 is 2.68 bits per heavy atom. The van der Waals surface area contributed by atoms with Crippen molar-refractivity contribution in [1.82, 2.24) is 0 Å². The molecule has 98 valence electrons. The molecule has 0 spiro atoms. The smallest absolute Gasteiger partial charge is 0.127 e. The predicted octanol–water partition coefficient (Wildman–Crippen LogP) is 3.47. The molecule has 1 N–H and O–H groups in total. The second-order valence-electron chi connectivity index (χ2n) is 4.71. The Kier molecular flexibility index (Phi) is 3.03. The van der Waals surface area contributed by atoms with Crippen LogP contribution in [-0.4, -0.2) is 12.2 Å². The zero-order valence-electron chi connectivity index (χ0n) is 10.8. The molecule has 3 nitrogen and oxygen atoms in total. The highest BCUT2D eigenvalue weighted by Gasteiger charge is 2.21. The van der Waals surface area contributed by atoms with E-state index in [1.54, 1.807) is 19.2 Å². The molecule has 0 unspecified atom stereocenters. The summed E-state index contributed by atoms with van der Waals surface area (Å²) in [5.74, 6) is 1.98. The Labute approximate surface area is 112 Å². The summed E-state index contributed by atoms with van der Waals surface area (Å²) in [6, 6.07) is 13.2. The van der Waals surface area contributed by atoms with Crippen LogP contribution in [0.5, 0.6) is 17.2 Å². The first kappa shape index (κ1) is 11.9. The summed E-state index contributed by atoms with van der Waals surface area (Å²) >= 11 is 0. The Bertz CT molecular complexity index is 575. The molecule has 0 bridgehead atoms. The molecule has 0 aliphatic carbocycles. The third kappa shape index (κ3) is 2.36. The van der Waals surface area contributed by atoms with Gasteiger partial charge in [0, 0.05) is 6.07 Å². The second-order valence-corrected chi connectivity index (χ2v) is 4.71. The van der Waals surface area contributed by atoms with Crippen molar-refractivity contribution in [1.29, 1.82) is 0 Å². The maximum Gasteiger partial charge on any atom is 0.127 e. The monoisotopic (exact) mass is 256 g/mol. The highest BCUT2D eigenvalue weighted by molar-refractivity contribution is 5.43. The lowest BCUT2D eigenvalue weighted by Crippen LogP contribution is -2.15. The number of phenols is 1. The number of hydrogen-bond donors (Lipinski definition) is 1. The average Bonchev–Trinajstić information content (AvgIpc) is 2.47. The SMILES string of the molecule is COc1ccc2c(c1)O[C@H](c1ccc(O)cc1)CC2. The van der Waals surface area contributed by atoms with Crippen molar-refractivity contribution in [3.05, 3.63) is 53.6 Å². The molecule has 1 aliphatic rings. The van der Waals surface area contributed by atoms with Gasteiger partial charge in [0.05, 0.1) is 7.11 Å². The molecule has 19 heavy (non-hydrogen) atoms. The zero-order chi connectivity index (χ0) is 13.2. The second kappa shape index (κ2) is 4.84. The van der Waals surface area contributed by atoms with Crippen LogP contribution in [0.3, 0.4) is 0 Å². The molecule has 3 heteroatoms. The molecule has 2 aromatic carbocycles. The van der Waals surface area contributed by atoms with Crippen LogP contribution >= 0.6 is 0 Å². The van der Waals surface area contributed by atoms with Gasteiger partial charge in [0.2, 0.25) is 0 Å². The van der Waals surface area contributed by atoms with Crippen LogP contribution in [0.1, 0.15) is 23.7 Å². The largest absolute Gasteiger partial charge is 0.508 e. The van der Waals surface area contributed by atoms with Crippen molar-refractivity contribution < 1.29 is 14.6 Å². The lowest BCUT2D eigenvalue weighted by molar-refractivity contribution is 0.176. The first-order chi connectivity index (χ1) is 9.26. The van der Waals surface area contributed by atoms with E-state index >= 15 is 0 Å². The van der Waals surface area contributed by atoms with E-state index in [1.807, 2.05) is 24.3 Å². The van der Waals surface area contributed by atoms with Crippen LogP contribution < -0.4 is 9.47 Å². The summed E-state index contributed by atoms with van der Waals surface area (Å²) < 4.78 is 11.3. The fourth-order valence-electron chi connectivity index (χ4n) is 2.40. The van der Waals surface area contributed by atoms with Crippen molar-refractivity contribution in [2.45, 2.75) is 18.9 Å².